The molecule has 1 aromatic rings. The zero-order valence-corrected chi connectivity index (χ0v) is 19.8. The molecule has 3 rings (SSSR count). The van der Waals surface area contributed by atoms with E-state index in [2.05, 4.69) is 17.0 Å². The number of likely N-dealkylation sites (tertiary alicyclic amines) is 1. The van der Waals surface area contributed by atoms with Crippen molar-refractivity contribution in [1.29, 1.82) is 0 Å². The van der Waals surface area contributed by atoms with Crippen LogP contribution in [0.15, 0.2) is 24.3 Å². The second-order valence-electron chi connectivity index (χ2n) is 10.1. The molecule has 0 atom stereocenters. The molecule has 0 spiro atoms. The second-order valence-corrected chi connectivity index (χ2v) is 10.1. The van der Waals surface area contributed by atoms with E-state index in [0.717, 1.165) is 62.9 Å². The van der Waals surface area contributed by atoms with Crippen molar-refractivity contribution >= 4 is 12.0 Å². The Morgan fingerprint density at radius 1 is 1.10 bits per heavy atom. The van der Waals surface area contributed by atoms with E-state index in [9.17, 15) is 9.59 Å². The zero-order chi connectivity index (χ0) is 22.6. The molecule has 2 fully saturated rings. The maximum absolute atomic E-state index is 13.7. The van der Waals surface area contributed by atoms with Gasteiger partial charge < -0.3 is 19.3 Å². The van der Waals surface area contributed by atoms with Gasteiger partial charge in [-0.2, -0.15) is 0 Å². The highest BCUT2D eigenvalue weighted by molar-refractivity contribution is 5.88. The first-order chi connectivity index (χ1) is 14.6. The third-order valence-electron chi connectivity index (χ3n) is 6.65. The number of rotatable bonds is 5. The summed E-state index contributed by atoms with van der Waals surface area (Å²) in [5.41, 5.74) is 0.229. The summed E-state index contributed by atoms with van der Waals surface area (Å²) < 4.78 is 10.8. The van der Waals surface area contributed by atoms with Crippen molar-refractivity contribution in [3.05, 3.63) is 29.8 Å². The molecule has 1 aliphatic carbocycles. The lowest BCUT2D eigenvalue weighted by atomic mass is 9.77. The van der Waals surface area contributed by atoms with Gasteiger partial charge in [-0.25, -0.2) is 4.79 Å². The third-order valence-corrected chi connectivity index (χ3v) is 6.65. The van der Waals surface area contributed by atoms with Gasteiger partial charge in [0.05, 0.1) is 12.5 Å². The van der Waals surface area contributed by atoms with Crippen LogP contribution in [-0.2, 0) is 14.9 Å². The Hall–Kier alpha value is -2.24. The standard InChI is InChI=1S/C25H38N2O4/c1-24(2,3)31-23(29)26(4)18-19-12-16-27(17-13-19)22(28)25(14-6-7-15-25)20-8-10-21(30-5)11-9-20/h8-11,19H,6-7,12-18H2,1-5H3. The van der Waals surface area contributed by atoms with Crippen molar-refractivity contribution in [3.63, 3.8) is 0 Å². The molecule has 1 heterocycles. The minimum absolute atomic E-state index is 0.272. The minimum Gasteiger partial charge on any atom is -0.497 e. The second kappa shape index (κ2) is 9.49. The van der Waals surface area contributed by atoms with E-state index in [1.165, 1.54) is 0 Å². The van der Waals surface area contributed by atoms with E-state index >= 15 is 0 Å². The third kappa shape index (κ3) is 5.52. The molecule has 0 unspecified atom stereocenters. The number of hydrogen-bond donors (Lipinski definition) is 0. The Balaban J connectivity index is 1.60. The SMILES string of the molecule is COc1ccc(C2(C(=O)N3CCC(CN(C)C(=O)OC(C)(C)C)CC3)CCCC2)cc1. The van der Waals surface area contributed by atoms with Gasteiger partial charge >= 0.3 is 6.09 Å². The largest absolute Gasteiger partial charge is 0.497 e. The number of amides is 2. The number of carbonyl (C=O) groups excluding carboxylic acids is 2. The Kier molecular flexibility index (Phi) is 7.17. The summed E-state index contributed by atoms with van der Waals surface area (Å²) in [7, 11) is 3.46. The molecule has 1 aromatic carbocycles. The summed E-state index contributed by atoms with van der Waals surface area (Å²) in [4.78, 5) is 29.7. The quantitative estimate of drug-likeness (QED) is 0.684. The Bertz CT molecular complexity index is 755. The summed E-state index contributed by atoms with van der Waals surface area (Å²) in [5.74, 6) is 1.48. The van der Waals surface area contributed by atoms with Gasteiger partial charge in [-0.1, -0.05) is 25.0 Å². The van der Waals surface area contributed by atoms with Gasteiger partial charge in [-0.05, 0) is 70.1 Å². The normalized spacial score (nSPS) is 19.2. The molecular weight excluding hydrogens is 392 g/mol. The summed E-state index contributed by atoms with van der Waals surface area (Å²) in [6, 6.07) is 8.04. The molecule has 2 amide bonds. The lowest BCUT2D eigenvalue weighted by molar-refractivity contribution is -0.139. The molecule has 0 aromatic heterocycles. The first-order valence-electron chi connectivity index (χ1n) is 11.5. The molecule has 0 radical (unpaired) electrons. The van der Waals surface area contributed by atoms with Gasteiger partial charge in [0.25, 0.3) is 0 Å². The maximum Gasteiger partial charge on any atom is 0.410 e. The van der Waals surface area contributed by atoms with E-state index in [-0.39, 0.29) is 12.0 Å². The summed E-state index contributed by atoms with van der Waals surface area (Å²) in [5, 5.41) is 0. The number of benzene rings is 1. The summed E-state index contributed by atoms with van der Waals surface area (Å²) in [6.45, 7) is 7.81. The van der Waals surface area contributed by atoms with Crippen LogP contribution < -0.4 is 4.74 Å². The van der Waals surface area contributed by atoms with Crippen LogP contribution in [0.4, 0.5) is 4.79 Å². The molecule has 31 heavy (non-hydrogen) atoms. The van der Waals surface area contributed by atoms with Gasteiger partial charge in [-0.3, -0.25) is 4.79 Å². The first kappa shape index (κ1) is 23.4. The fraction of sp³-hybridized carbons (Fsp3) is 0.680. The van der Waals surface area contributed by atoms with Gasteiger partial charge in [0.1, 0.15) is 11.4 Å². The molecule has 1 aliphatic heterocycles. The fourth-order valence-electron chi connectivity index (χ4n) is 4.94. The van der Waals surface area contributed by atoms with Gasteiger partial charge in [0.15, 0.2) is 0 Å². The van der Waals surface area contributed by atoms with Gasteiger partial charge in [0, 0.05) is 26.7 Å². The Morgan fingerprint density at radius 3 is 2.19 bits per heavy atom. The monoisotopic (exact) mass is 430 g/mol. The van der Waals surface area contributed by atoms with Crippen LogP contribution in [0.1, 0.15) is 64.9 Å². The van der Waals surface area contributed by atoms with Crippen molar-refractivity contribution in [1.82, 2.24) is 9.80 Å². The molecule has 1 saturated heterocycles. The maximum atomic E-state index is 13.7. The zero-order valence-electron chi connectivity index (χ0n) is 19.8. The molecule has 1 saturated carbocycles. The van der Waals surface area contributed by atoms with Crippen LogP contribution in [0.3, 0.4) is 0 Å². The highest BCUT2D eigenvalue weighted by atomic mass is 16.6. The van der Waals surface area contributed by atoms with Crippen LogP contribution in [0, 0.1) is 5.92 Å². The van der Waals surface area contributed by atoms with E-state index in [1.807, 2.05) is 32.9 Å². The molecule has 6 nitrogen and oxygen atoms in total. The van der Waals surface area contributed by atoms with Gasteiger partial charge in [0.2, 0.25) is 5.91 Å². The molecule has 0 N–H and O–H groups in total. The Labute approximate surface area is 186 Å². The number of hydrogen-bond acceptors (Lipinski definition) is 4. The van der Waals surface area contributed by atoms with Crippen molar-refractivity contribution < 1.29 is 19.1 Å². The van der Waals surface area contributed by atoms with E-state index in [4.69, 9.17) is 9.47 Å². The number of methoxy groups -OCH3 is 1. The van der Waals surface area contributed by atoms with E-state index in [1.54, 1.807) is 19.1 Å². The van der Waals surface area contributed by atoms with Crippen molar-refractivity contribution in [2.75, 3.05) is 33.8 Å². The Morgan fingerprint density at radius 2 is 1.68 bits per heavy atom. The predicted octanol–water partition coefficient (Wildman–Crippen LogP) is 4.61. The highest BCUT2D eigenvalue weighted by Gasteiger charge is 2.45. The van der Waals surface area contributed by atoms with Crippen LogP contribution in [0.2, 0.25) is 0 Å². The fourth-order valence-corrected chi connectivity index (χ4v) is 4.94. The van der Waals surface area contributed by atoms with Crippen LogP contribution in [-0.4, -0.2) is 61.2 Å². The molecule has 0 bridgehead atoms. The van der Waals surface area contributed by atoms with Crippen LogP contribution in [0.5, 0.6) is 5.75 Å². The topological polar surface area (TPSA) is 59.1 Å². The lowest BCUT2D eigenvalue weighted by Crippen LogP contribution is -2.49. The average Bonchev–Trinajstić information content (AvgIpc) is 3.24. The van der Waals surface area contributed by atoms with Gasteiger partial charge in [-0.15, -0.1) is 0 Å². The molecular formula is C25H38N2O4. The van der Waals surface area contributed by atoms with Crippen LogP contribution >= 0.6 is 0 Å². The van der Waals surface area contributed by atoms with E-state index in [0.29, 0.717) is 12.5 Å². The van der Waals surface area contributed by atoms with Crippen LogP contribution in [0.25, 0.3) is 0 Å². The molecule has 2 aliphatic rings. The van der Waals surface area contributed by atoms with Crippen molar-refractivity contribution in [3.8, 4) is 5.75 Å². The predicted molar refractivity (Wildman–Crippen MR) is 121 cm³/mol. The number of ether oxygens (including phenoxy) is 2. The van der Waals surface area contributed by atoms with Crippen molar-refractivity contribution in [2.45, 2.75) is 70.3 Å². The number of nitrogens with zero attached hydrogens (tertiary/aromatic N) is 2. The summed E-state index contributed by atoms with van der Waals surface area (Å²) >= 11 is 0. The minimum atomic E-state index is -0.488. The van der Waals surface area contributed by atoms with E-state index < -0.39 is 11.0 Å². The summed E-state index contributed by atoms with van der Waals surface area (Å²) in [6.07, 6.45) is 5.56. The highest BCUT2D eigenvalue weighted by Crippen LogP contribution is 2.43. The lowest BCUT2D eigenvalue weighted by Gasteiger charge is -2.39. The number of piperidine rings is 1. The number of carbonyl (C=O) groups is 2. The smallest absolute Gasteiger partial charge is 0.410 e. The van der Waals surface area contributed by atoms with Crippen molar-refractivity contribution in [2.24, 2.45) is 5.92 Å². The average molecular weight is 431 g/mol. The molecule has 172 valence electrons. The molecule has 6 heteroatoms. The first-order valence-corrected chi connectivity index (χ1v) is 11.5.